The third-order valence-electron chi connectivity index (χ3n) is 2.92. The zero-order chi connectivity index (χ0) is 13.5. The number of carbonyl (C=O) groups excluding carboxylic acids is 1. The summed E-state index contributed by atoms with van der Waals surface area (Å²) in [5, 5.41) is 3.43. The van der Waals surface area contributed by atoms with Gasteiger partial charge in [-0.05, 0) is 38.0 Å². The zero-order valence-electron chi connectivity index (χ0n) is 11.4. The largest absolute Gasteiger partial charge is 0.383 e. The van der Waals surface area contributed by atoms with Crippen molar-refractivity contribution < 1.29 is 4.79 Å². The first-order valence-corrected chi connectivity index (χ1v) is 6.26. The molecule has 0 aliphatic rings. The molecule has 98 valence electrons. The highest BCUT2D eigenvalue weighted by Crippen LogP contribution is 2.19. The molecule has 1 N–H and O–H groups in total. The number of hydrogen-bond donors (Lipinski definition) is 1. The van der Waals surface area contributed by atoms with Crippen LogP contribution >= 0.6 is 0 Å². The van der Waals surface area contributed by atoms with Gasteiger partial charge in [0.2, 0.25) is 5.91 Å². The summed E-state index contributed by atoms with van der Waals surface area (Å²) in [5.41, 5.74) is 1.94. The monoisotopic (exact) mass is 246 g/mol. The highest BCUT2D eigenvalue weighted by Gasteiger charge is 2.07. The summed E-state index contributed by atoms with van der Waals surface area (Å²) < 4.78 is 0. The van der Waals surface area contributed by atoms with Crippen LogP contribution in [-0.4, -0.2) is 19.0 Å². The van der Waals surface area contributed by atoms with Gasteiger partial charge < -0.3 is 10.2 Å². The van der Waals surface area contributed by atoms with E-state index in [2.05, 4.69) is 18.8 Å². The first-order chi connectivity index (χ1) is 8.54. The van der Waals surface area contributed by atoms with Crippen LogP contribution < -0.4 is 10.2 Å². The lowest BCUT2D eigenvalue weighted by Gasteiger charge is -2.18. The van der Waals surface area contributed by atoms with Gasteiger partial charge in [0.05, 0.1) is 0 Å². The molecule has 1 atom stereocenters. The van der Waals surface area contributed by atoms with Crippen molar-refractivity contribution in [3.05, 3.63) is 36.9 Å². The Hall–Kier alpha value is -1.77. The second-order valence-corrected chi connectivity index (χ2v) is 4.54. The molecule has 0 aliphatic heterocycles. The number of hydrogen-bond acceptors (Lipinski definition) is 2. The Morgan fingerprint density at radius 3 is 2.89 bits per heavy atom. The molecule has 18 heavy (non-hydrogen) atoms. The van der Waals surface area contributed by atoms with E-state index in [1.165, 1.54) is 0 Å². The molecule has 0 fully saturated rings. The molecule has 3 nitrogen and oxygen atoms in total. The van der Waals surface area contributed by atoms with Crippen molar-refractivity contribution in [2.24, 2.45) is 0 Å². The fourth-order valence-electron chi connectivity index (χ4n) is 1.71. The highest BCUT2D eigenvalue weighted by molar-refractivity contribution is 5.91. The molecule has 0 saturated heterocycles. The van der Waals surface area contributed by atoms with Crippen LogP contribution in [0.3, 0.4) is 0 Å². The normalized spacial score (nSPS) is 11.7. The fraction of sp³-hybridized carbons (Fsp3) is 0.400. The number of allylic oxidation sites excluding steroid dienone is 1. The minimum atomic E-state index is 0.0341. The molecule has 0 unspecified atom stereocenters. The predicted molar refractivity (Wildman–Crippen MR) is 78.0 cm³/mol. The lowest BCUT2D eigenvalue weighted by Crippen LogP contribution is -2.23. The quantitative estimate of drug-likeness (QED) is 0.780. The van der Waals surface area contributed by atoms with Gasteiger partial charge in [-0.2, -0.15) is 0 Å². The number of amides is 1. The van der Waals surface area contributed by atoms with Crippen LogP contribution in [0.1, 0.15) is 26.7 Å². The molecule has 0 aromatic heterocycles. The van der Waals surface area contributed by atoms with Gasteiger partial charge in [0.1, 0.15) is 0 Å². The van der Waals surface area contributed by atoms with Crippen molar-refractivity contribution in [2.75, 3.05) is 17.3 Å². The summed E-state index contributed by atoms with van der Waals surface area (Å²) in [5.74, 6) is 0.0341. The van der Waals surface area contributed by atoms with Crippen LogP contribution in [-0.2, 0) is 4.79 Å². The minimum absolute atomic E-state index is 0.0341. The highest BCUT2D eigenvalue weighted by atomic mass is 16.2. The summed E-state index contributed by atoms with van der Waals surface area (Å²) in [6, 6.07) is 8.28. The van der Waals surface area contributed by atoms with Crippen LogP contribution in [0, 0.1) is 0 Å². The Morgan fingerprint density at radius 2 is 2.28 bits per heavy atom. The van der Waals surface area contributed by atoms with E-state index in [4.69, 9.17) is 0 Å². The Morgan fingerprint density at radius 1 is 1.56 bits per heavy atom. The van der Waals surface area contributed by atoms with E-state index >= 15 is 0 Å². The van der Waals surface area contributed by atoms with Crippen molar-refractivity contribution in [3.8, 4) is 0 Å². The van der Waals surface area contributed by atoms with Crippen molar-refractivity contribution in [1.29, 1.82) is 0 Å². The fourth-order valence-corrected chi connectivity index (χ4v) is 1.71. The molecule has 0 radical (unpaired) electrons. The predicted octanol–water partition coefficient (Wildman–Crippen LogP) is 3.44. The first kappa shape index (κ1) is 14.3. The Bertz CT molecular complexity index is 415. The van der Waals surface area contributed by atoms with Crippen molar-refractivity contribution >= 4 is 17.3 Å². The van der Waals surface area contributed by atoms with E-state index in [9.17, 15) is 4.79 Å². The second kappa shape index (κ2) is 6.84. The molecule has 1 aromatic rings. The number of anilines is 2. The average Bonchev–Trinajstić information content (AvgIpc) is 2.35. The third-order valence-corrected chi connectivity index (χ3v) is 2.92. The van der Waals surface area contributed by atoms with Gasteiger partial charge in [-0.25, -0.2) is 0 Å². The molecule has 0 aliphatic carbocycles. The van der Waals surface area contributed by atoms with E-state index in [-0.39, 0.29) is 5.91 Å². The minimum Gasteiger partial charge on any atom is -0.383 e. The molecular weight excluding hydrogens is 224 g/mol. The molecule has 0 bridgehead atoms. The Labute approximate surface area is 109 Å². The van der Waals surface area contributed by atoms with E-state index in [1.807, 2.05) is 30.3 Å². The van der Waals surface area contributed by atoms with Gasteiger partial charge in [0.15, 0.2) is 0 Å². The molecular formula is C15H22N2O. The standard InChI is InChI=1S/C15H22N2O/c1-5-6-8-12(2)16-14-9-7-10-15(11-14)17(4)13(3)18/h5,7,9-12,16H,1,6,8H2,2-4H3/t12-/m1/s1. The van der Waals surface area contributed by atoms with Gasteiger partial charge in [-0.3, -0.25) is 4.79 Å². The zero-order valence-corrected chi connectivity index (χ0v) is 11.4. The maximum Gasteiger partial charge on any atom is 0.223 e. The molecule has 0 heterocycles. The molecule has 1 rings (SSSR count). The molecule has 3 heteroatoms. The molecule has 0 saturated carbocycles. The number of nitrogens with zero attached hydrogens (tertiary/aromatic N) is 1. The van der Waals surface area contributed by atoms with Gasteiger partial charge >= 0.3 is 0 Å². The van der Waals surface area contributed by atoms with Crippen molar-refractivity contribution in [2.45, 2.75) is 32.7 Å². The van der Waals surface area contributed by atoms with Gasteiger partial charge in [-0.1, -0.05) is 12.1 Å². The molecule has 1 amide bonds. The van der Waals surface area contributed by atoms with Crippen LogP contribution in [0.15, 0.2) is 36.9 Å². The van der Waals surface area contributed by atoms with E-state index < -0.39 is 0 Å². The van der Waals surface area contributed by atoms with E-state index in [1.54, 1.807) is 18.9 Å². The number of benzene rings is 1. The average molecular weight is 246 g/mol. The third kappa shape index (κ3) is 4.24. The van der Waals surface area contributed by atoms with E-state index in [0.717, 1.165) is 24.2 Å². The van der Waals surface area contributed by atoms with Crippen LogP contribution in [0.5, 0.6) is 0 Å². The van der Waals surface area contributed by atoms with Crippen molar-refractivity contribution in [3.63, 3.8) is 0 Å². The van der Waals surface area contributed by atoms with E-state index in [0.29, 0.717) is 6.04 Å². The number of carbonyl (C=O) groups is 1. The van der Waals surface area contributed by atoms with Crippen LogP contribution in [0.2, 0.25) is 0 Å². The number of rotatable bonds is 6. The van der Waals surface area contributed by atoms with Gasteiger partial charge in [-0.15, -0.1) is 6.58 Å². The summed E-state index contributed by atoms with van der Waals surface area (Å²) in [7, 11) is 1.78. The summed E-state index contributed by atoms with van der Waals surface area (Å²) >= 11 is 0. The molecule has 0 spiro atoms. The first-order valence-electron chi connectivity index (χ1n) is 6.26. The molecule has 1 aromatic carbocycles. The topological polar surface area (TPSA) is 32.3 Å². The van der Waals surface area contributed by atoms with Crippen LogP contribution in [0.25, 0.3) is 0 Å². The summed E-state index contributed by atoms with van der Waals surface area (Å²) in [6.45, 7) is 7.43. The van der Waals surface area contributed by atoms with Crippen molar-refractivity contribution in [1.82, 2.24) is 0 Å². The Balaban J connectivity index is 2.70. The van der Waals surface area contributed by atoms with Gasteiger partial charge in [0, 0.05) is 31.4 Å². The maximum atomic E-state index is 11.3. The maximum absolute atomic E-state index is 11.3. The van der Waals surface area contributed by atoms with Gasteiger partial charge in [0.25, 0.3) is 0 Å². The Kier molecular flexibility index (Phi) is 5.43. The number of nitrogens with one attached hydrogen (secondary N) is 1. The summed E-state index contributed by atoms with van der Waals surface area (Å²) in [4.78, 5) is 13.0. The SMILES string of the molecule is C=CCC[C@@H](C)Nc1cccc(N(C)C(C)=O)c1. The lowest BCUT2D eigenvalue weighted by atomic mass is 10.1. The second-order valence-electron chi connectivity index (χ2n) is 4.54. The smallest absolute Gasteiger partial charge is 0.223 e. The van der Waals surface area contributed by atoms with Crippen LogP contribution in [0.4, 0.5) is 11.4 Å². The lowest BCUT2D eigenvalue weighted by molar-refractivity contribution is -0.116. The summed E-state index contributed by atoms with van der Waals surface area (Å²) in [6.07, 6.45) is 3.98.